The molecular formula is C16H16ClNO. The van der Waals surface area contributed by atoms with Crippen molar-refractivity contribution in [3.8, 4) is 0 Å². The molecule has 0 fully saturated rings. The van der Waals surface area contributed by atoms with Gasteiger partial charge in [0.1, 0.15) is 0 Å². The van der Waals surface area contributed by atoms with E-state index in [2.05, 4.69) is 35.3 Å². The number of carbonyl (C=O) groups excluding carboxylic acids is 1. The van der Waals surface area contributed by atoms with E-state index in [0.29, 0.717) is 6.42 Å². The Morgan fingerprint density at radius 1 is 1.21 bits per heavy atom. The highest BCUT2D eigenvalue weighted by Gasteiger charge is 2.16. The van der Waals surface area contributed by atoms with Gasteiger partial charge in [-0.15, -0.1) is 0 Å². The lowest BCUT2D eigenvalue weighted by Gasteiger charge is -2.26. The van der Waals surface area contributed by atoms with Crippen molar-refractivity contribution in [2.24, 2.45) is 0 Å². The lowest BCUT2D eigenvalue weighted by atomic mass is 9.99. The van der Waals surface area contributed by atoms with Gasteiger partial charge in [0.05, 0.1) is 0 Å². The molecule has 2 aliphatic rings. The number of fused-ring (bicyclic) bond motifs is 1. The monoisotopic (exact) mass is 273 g/mol. The van der Waals surface area contributed by atoms with Crippen LogP contribution in [0.15, 0.2) is 42.1 Å². The quantitative estimate of drug-likeness (QED) is 0.790. The van der Waals surface area contributed by atoms with Gasteiger partial charge in [0.15, 0.2) is 0 Å². The van der Waals surface area contributed by atoms with E-state index in [0.717, 1.165) is 31.5 Å². The first-order chi connectivity index (χ1) is 9.22. The molecule has 1 aromatic rings. The minimum Gasteiger partial charge on any atom is -0.371 e. The molecule has 0 saturated heterocycles. The van der Waals surface area contributed by atoms with Crippen LogP contribution in [0, 0.1) is 0 Å². The number of rotatable bonds is 3. The lowest BCUT2D eigenvalue weighted by molar-refractivity contribution is -0.111. The van der Waals surface area contributed by atoms with Crippen LogP contribution in [0.2, 0.25) is 0 Å². The van der Waals surface area contributed by atoms with Crippen LogP contribution in [0.1, 0.15) is 16.7 Å². The second-order valence-corrected chi connectivity index (χ2v) is 5.49. The average molecular weight is 274 g/mol. The molecule has 98 valence electrons. The van der Waals surface area contributed by atoms with Crippen molar-refractivity contribution in [1.82, 2.24) is 4.90 Å². The van der Waals surface area contributed by atoms with Gasteiger partial charge in [-0.2, -0.15) is 0 Å². The Balaban J connectivity index is 1.76. The van der Waals surface area contributed by atoms with Gasteiger partial charge in [-0.25, -0.2) is 0 Å². The summed E-state index contributed by atoms with van der Waals surface area (Å²) in [6, 6.07) is 6.32. The van der Waals surface area contributed by atoms with Gasteiger partial charge < -0.3 is 4.90 Å². The van der Waals surface area contributed by atoms with Crippen LogP contribution in [-0.2, 0) is 24.1 Å². The Morgan fingerprint density at radius 2 is 1.95 bits per heavy atom. The van der Waals surface area contributed by atoms with E-state index in [1.54, 1.807) is 0 Å². The maximum absolute atomic E-state index is 11.0. The molecule has 0 bridgehead atoms. The summed E-state index contributed by atoms with van der Waals surface area (Å²) in [5, 5.41) is -0.292. The van der Waals surface area contributed by atoms with Crippen LogP contribution in [0.3, 0.4) is 0 Å². The molecule has 0 amide bonds. The van der Waals surface area contributed by atoms with Crippen molar-refractivity contribution in [3.05, 3.63) is 58.8 Å². The summed E-state index contributed by atoms with van der Waals surface area (Å²) in [5.74, 6) is 0. The summed E-state index contributed by atoms with van der Waals surface area (Å²) in [7, 11) is 0. The zero-order valence-electron chi connectivity index (χ0n) is 10.7. The van der Waals surface area contributed by atoms with Crippen molar-refractivity contribution in [3.63, 3.8) is 0 Å². The SMILES string of the molecule is O=C(Cl)Cc1ccc2c(c1)CCN(C1=CC=C1)CC2. The van der Waals surface area contributed by atoms with E-state index in [1.165, 1.54) is 16.8 Å². The molecule has 0 saturated carbocycles. The predicted molar refractivity (Wildman–Crippen MR) is 77.2 cm³/mol. The van der Waals surface area contributed by atoms with Gasteiger partial charge in [0.2, 0.25) is 5.24 Å². The third-order valence-electron chi connectivity index (χ3n) is 3.82. The minimum atomic E-state index is -0.292. The third-order valence-corrected chi connectivity index (χ3v) is 3.95. The van der Waals surface area contributed by atoms with Crippen LogP contribution in [-0.4, -0.2) is 23.2 Å². The molecule has 0 radical (unpaired) electrons. The number of halogens is 1. The summed E-state index contributed by atoms with van der Waals surface area (Å²) in [6.45, 7) is 2.11. The molecule has 19 heavy (non-hydrogen) atoms. The highest BCUT2D eigenvalue weighted by molar-refractivity contribution is 6.63. The molecule has 0 unspecified atom stereocenters. The molecular weight excluding hydrogens is 258 g/mol. The van der Waals surface area contributed by atoms with Gasteiger partial charge in [0.25, 0.3) is 0 Å². The zero-order valence-corrected chi connectivity index (χ0v) is 11.5. The van der Waals surface area contributed by atoms with Crippen LogP contribution in [0.4, 0.5) is 0 Å². The van der Waals surface area contributed by atoms with Gasteiger partial charge in [-0.05, 0) is 53.3 Å². The van der Waals surface area contributed by atoms with Crippen molar-refractivity contribution < 1.29 is 4.79 Å². The number of hydrogen-bond acceptors (Lipinski definition) is 2. The molecule has 1 aliphatic carbocycles. The second kappa shape index (κ2) is 5.22. The smallest absolute Gasteiger partial charge is 0.226 e. The van der Waals surface area contributed by atoms with Crippen molar-refractivity contribution in [2.75, 3.05) is 13.1 Å². The van der Waals surface area contributed by atoms with E-state index >= 15 is 0 Å². The van der Waals surface area contributed by atoms with Crippen molar-refractivity contribution >= 4 is 16.8 Å². The van der Waals surface area contributed by atoms with Gasteiger partial charge in [-0.3, -0.25) is 4.79 Å². The Hall–Kier alpha value is -1.54. The largest absolute Gasteiger partial charge is 0.371 e. The second-order valence-electron chi connectivity index (χ2n) is 5.07. The first-order valence-electron chi connectivity index (χ1n) is 6.65. The zero-order chi connectivity index (χ0) is 13.2. The summed E-state index contributed by atoms with van der Waals surface area (Å²) in [4.78, 5) is 13.4. The molecule has 3 rings (SSSR count). The highest BCUT2D eigenvalue weighted by atomic mass is 35.5. The fraction of sp³-hybridized carbons (Fsp3) is 0.312. The molecule has 0 spiro atoms. The molecule has 0 N–H and O–H groups in total. The third kappa shape index (κ3) is 2.74. The Kier molecular flexibility index (Phi) is 3.43. The molecule has 0 atom stereocenters. The Labute approximate surface area is 118 Å². The van der Waals surface area contributed by atoms with E-state index in [9.17, 15) is 4.79 Å². The molecule has 1 heterocycles. The Morgan fingerprint density at radius 3 is 2.58 bits per heavy atom. The molecule has 2 nitrogen and oxygen atoms in total. The molecule has 1 aromatic carbocycles. The van der Waals surface area contributed by atoms with Crippen LogP contribution in [0.25, 0.3) is 0 Å². The number of nitrogens with zero attached hydrogens (tertiary/aromatic N) is 1. The van der Waals surface area contributed by atoms with Gasteiger partial charge >= 0.3 is 0 Å². The predicted octanol–water partition coefficient (Wildman–Crippen LogP) is 2.85. The normalized spacial score (nSPS) is 17.3. The number of carbonyl (C=O) groups is 1. The number of hydrogen-bond donors (Lipinski definition) is 0. The highest BCUT2D eigenvalue weighted by Crippen LogP contribution is 2.22. The fourth-order valence-electron chi connectivity index (χ4n) is 2.70. The summed E-state index contributed by atoms with van der Waals surface area (Å²) < 4.78 is 0. The van der Waals surface area contributed by atoms with E-state index in [-0.39, 0.29) is 5.24 Å². The maximum atomic E-state index is 11.0. The molecule has 0 aromatic heterocycles. The van der Waals surface area contributed by atoms with Crippen LogP contribution in [0.5, 0.6) is 0 Å². The number of allylic oxidation sites excluding steroid dienone is 3. The summed E-state index contributed by atoms with van der Waals surface area (Å²) in [5.41, 5.74) is 5.12. The molecule has 3 heteroatoms. The maximum Gasteiger partial charge on any atom is 0.226 e. The van der Waals surface area contributed by atoms with Gasteiger partial charge in [-0.1, -0.05) is 24.3 Å². The lowest BCUT2D eigenvalue weighted by Crippen LogP contribution is -2.26. The van der Waals surface area contributed by atoms with Crippen LogP contribution >= 0.6 is 11.6 Å². The molecule has 1 aliphatic heterocycles. The van der Waals surface area contributed by atoms with Crippen molar-refractivity contribution in [1.29, 1.82) is 0 Å². The first kappa shape index (κ1) is 12.5. The summed E-state index contributed by atoms with van der Waals surface area (Å²) in [6.07, 6.45) is 8.82. The van der Waals surface area contributed by atoms with Crippen molar-refractivity contribution in [2.45, 2.75) is 19.3 Å². The van der Waals surface area contributed by atoms with E-state index in [1.807, 2.05) is 6.07 Å². The van der Waals surface area contributed by atoms with E-state index < -0.39 is 0 Å². The summed E-state index contributed by atoms with van der Waals surface area (Å²) >= 11 is 5.46. The minimum absolute atomic E-state index is 0.292. The first-order valence-corrected chi connectivity index (χ1v) is 7.02. The van der Waals surface area contributed by atoms with Gasteiger partial charge in [0, 0.05) is 25.2 Å². The van der Waals surface area contributed by atoms with Crippen LogP contribution < -0.4 is 0 Å². The van der Waals surface area contributed by atoms with E-state index in [4.69, 9.17) is 11.6 Å². The number of benzene rings is 1. The standard InChI is InChI=1S/C16H16ClNO/c17-16(19)11-12-4-5-13-6-8-18(15-2-1-3-15)9-7-14(13)10-12/h1-5,10H,6-9,11H2. The topological polar surface area (TPSA) is 20.3 Å². The Bertz CT molecular complexity index is 574. The fourth-order valence-corrected chi connectivity index (χ4v) is 2.85. The average Bonchev–Trinajstić information content (AvgIpc) is 2.49.